The molecule has 35 heavy (non-hydrogen) atoms. The molecule has 0 fully saturated rings. The largest absolute Gasteiger partial charge is 0.496 e. The van der Waals surface area contributed by atoms with Gasteiger partial charge in [0.15, 0.2) is 5.13 Å². The van der Waals surface area contributed by atoms with Gasteiger partial charge in [0, 0.05) is 17.9 Å². The number of methoxy groups -OCH3 is 1. The van der Waals surface area contributed by atoms with Crippen LogP contribution in [0.4, 0.5) is 10.8 Å². The van der Waals surface area contributed by atoms with E-state index < -0.39 is 5.97 Å². The first-order chi connectivity index (χ1) is 17.1. The molecule has 4 rings (SSSR count). The first-order valence-electron chi connectivity index (χ1n) is 10.9. The number of nitrogens with zero attached hydrogens (tertiary/aromatic N) is 2. The highest BCUT2D eigenvalue weighted by Gasteiger charge is 2.19. The number of ether oxygens (including phenoxy) is 2. The summed E-state index contributed by atoms with van der Waals surface area (Å²) in [6.07, 6.45) is 1.76. The SMILES string of the molecule is COc1ccccc1/C=C(/C(=O)OCc1csc(N(C(C)=O)c2ccccc2)n1)c1ccccc1. The molecule has 0 N–H and O–H groups in total. The molecule has 0 unspecified atom stereocenters. The molecule has 0 radical (unpaired) electrons. The van der Waals surface area contributed by atoms with E-state index in [1.165, 1.54) is 23.2 Å². The van der Waals surface area contributed by atoms with Crippen LogP contribution in [0.1, 0.15) is 23.7 Å². The maximum absolute atomic E-state index is 13.2. The van der Waals surface area contributed by atoms with Gasteiger partial charge in [-0.2, -0.15) is 0 Å². The average molecular weight is 485 g/mol. The lowest BCUT2D eigenvalue weighted by Gasteiger charge is -2.17. The Balaban J connectivity index is 1.56. The van der Waals surface area contributed by atoms with Crippen LogP contribution in [-0.2, 0) is 20.9 Å². The fraction of sp³-hybridized carbons (Fsp3) is 0.107. The molecule has 0 atom stereocenters. The summed E-state index contributed by atoms with van der Waals surface area (Å²) in [4.78, 5) is 31.5. The lowest BCUT2D eigenvalue weighted by molar-refractivity contribution is -0.137. The molecule has 0 aliphatic carbocycles. The lowest BCUT2D eigenvalue weighted by Crippen LogP contribution is -2.22. The van der Waals surface area contributed by atoms with Gasteiger partial charge in [0.05, 0.1) is 24.1 Å². The number of benzene rings is 3. The Bertz CT molecular complexity index is 1330. The van der Waals surface area contributed by atoms with Gasteiger partial charge in [0.25, 0.3) is 0 Å². The Morgan fingerprint density at radius 1 is 0.943 bits per heavy atom. The van der Waals surface area contributed by atoms with Gasteiger partial charge in [-0.3, -0.25) is 9.69 Å². The highest BCUT2D eigenvalue weighted by molar-refractivity contribution is 7.14. The maximum Gasteiger partial charge on any atom is 0.339 e. The van der Waals surface area contributed by atoms with E-state index in [1.54, 1.807) is 18.6 Å². The number of thiazole rings is 1. The summed E-state index contributed by atoms with van der Waals surface area (Å²) in [5.41, 5.74) is 3.19. The normalized spacial score (nSPS) is 11.1. The van der Waals surface area contributed by atoms with Crippen LogP contribution in [-0.4, -0.2) is 24.0 Å². The summed E-state index contributed by atoms with van der Waals surface area (Å²) >= 11 is 1.32. The van der Waals surface area contributed by atoms with Crippen LogP contribution in [0.15, 0.2) is 90.3 Å². The third-order valence-corrected chi connectivity index (χ3v) is 6.03. The number of anilines is 2. The number of amides is 1. The van der Waals surface area contributed by atoms with Crippen LogP contribution < -0.4 is 9.64 Å². The Morgan fingerprint density at radius 3 is 2.29 bits per heavy atom. The predicted octanol–water partition coefficient (Wildman–Crippen LogP) is 6.12. The molecule has 1 aromatic heterocycles. The van der Waals surface area contributed by atoms with Crippen LogP contribution in [0, 0.1) is 0 Å². The minimum absolute atomic E-state index is 0.0219. The standard InChI is InChI=1S/C28H24N2O4S/c1-20(31)30(24-14-7-4-8-15-24)28-29-23(19-35-28)18-34-27(32)25(21-11-5-3-6-12-21)17-22-13-9-10-16-26(22)33-2/h3-17,19H,18H2,1-2H3/b25-17+. The zero-order valence-electron chi connectivity index (χ0n) is 19.4. The van der Waals surface area contributed by atoms with Crippen LogP contribution in [0.2, 0.25) is 0 Å². The van der Waals surface area contributed by atoms with Crippen molar-refractivity contribution in [2.24, 2.45) is 0 Å². The topological polar surface area (TPSA) is 68.7 Å². The smallest absolute Gasteiger partial charge is 0.339 e. The monoisotopic (exact) mass is 484 g/mol. The Labute approximate surface area is 208 Å². The minimum atomic E-state index is -0.483. The van der Waals surface area contributed by atoms with E-state index >= 15 is 0 Å². The molecule has 0 saturated carbocycles. The molecule has 0 aliphatic rings. The number of carbonyl (C=O) groups is 2. The molecule has 3 aromatic carbocycles. The summed E-state index contributed by atoms with van der Waals surface area (Å²) in [7, 11) is 1.59. The van der Waals surface area contributed by atoms with E-state index in [1.807, 2.05) is 84.9 Å². The summed E-state index contributed by atoms with van der Waals surface area (Å²) in [5.74, 6) is 0.0199. The van der Waals surface area contributed by atoms with Gasteiger partial charge in [-0.05, 0) is 29.8 Å². The van der Waals surface area contributed by atoms with Crippen molar-refractivity contribution in [3.63, 3.8) is 0 Å². The predicted molar refractivity (Wildman–Crippen MR) is 138 cm³/mol. The van der Waals surface area contributed by atoms with Crippen molar-refractivity contribution < 1.29 is 19.1 Å². The van der Waals surface area contributed by atoms with Gasteiger partial charge < -0.3 is 9.47 Å². The molecule has 0 spiro atoms. The molecule has 1 amide bonds. The zero-order chi connectivity index (χ0) is 24.6. The zero-order valence-corrected chi connectivity index (χ0v) is 20.2. The molecular weight excluding hydrogens is 460 g/mol. The van der Waals surface area contributed by atoms with Crippen molar-refractivity contribution in [1.29, 1.82) is 0 Å². The van der Waals surface area contributed by atoms with Gasteiger partial charge in [0.2, 0.25) is 5.91 Å². The molecular formula is C28H24N2O4S. The molecule has 6 nitrogen and oxygen atoms in total. The number of hydrogen-bond acceptors (Lipinski definition) is 6. The van der Waals surface area contributed by atoms with Crippen LogP contribution in [0.25, 0.3) is 11.6 Å². The van der Waals surface area contributed by atoms with E-state index in [0.717, 1.165) is 16.8 Å². The lowest BCUT2D eigenvalue weighted by atomic mass is 10.0. The Morgan fingerprint density at radius 2 is 1.60 bits per heavy atom. The molecule has 1 heterocycles. The van der Waals surface area contributed by atoms with Gasteiger partial charge in [0.1, 0.15) is 12.4 Å². The van der Waals surface area contributed by atoms with Gasteiger partial charge >= 0.3 is 5.97 Å². The van der Waals surface area contributed by atoms with Crippen molar-refractivity contribution in [2.75, 3.05) is 12.0 Å². The van der Waals surface area contributed by atoms with Crippen LogP contribution >= 0.6 is 11.3 Å². The van der Waals surface area contributed by atoms with E-state index in [2.05, 4.69) is 4.98 Å². The van der Waals surface area contributed by atoms with Crippen LogP contribution in [0.5, 0.6) is 5.75 Å². The van der Waals surface area contributed by atoms with E-state index in [-0.39, 0.29) is 12.5 Å². The summed E-state index contributed by atoms with van der Waals surface area (Å²) in [6.45, 7) is 1.47. The number of para-hydroxylation sites is 2. The third kappa shape index (κ3) is 5.83. The van der Waals surface area contributed by atoms with E-state index in [0.29, 0.717) is 22.1 Å². The molecule has 0 bridgehead atoms. The molecule has 0 saturated heterocycles. The van der Waals surface area contributed by atoms with Crippen molar-refractivity contribution in [1.82, 2.24) is 4.98 Å². The van der Waals surface area contributed by atoms with Gasteiger partial charge in [-0.15, -0.1) is 11.3 Å². The van der Waals surface area contributed by atoms with Crippen molar-refractivity contribution in [2.45, 2.75) is 13.5 Å². The first-order valence-corrected chi connectivity index (χ1v) is 11.8. The highest BCUT2D eigenvalue weighted by atomic mass is 32.1. The number of rotatable bonds is 8. The quantitative estimate of drug-likeness (QED) is 0.171. The summed E-state index contributed by atoms with van der Waals surface area (Å²) in [6, 6.07) is 26.1. The minimum Gasteiger partial charge on any atom is -0.496 e. The number of esters is 1. The summed E-state index contributed by atoms with van der Waals surface area (Å²) in [5, 5.41) is 2.30. The average Bonchev–Trinajstić information content (AvgIpc) is 3.35. The van der Waals surface area contributed by atoms with Gasteiger partial charge in [-0.1, -0.05) is 66.7 Å². The second kappa shape index (κ2) is 11.3. The third-order valence-electron chi connectivity index (χ3n) is 5.15. The first kappa shape index (κ1) is 23.9. The summed E-state index contributed by atoms with van der Waals surface area (Å²) < 4.78 is 11.1. The van der Waals surface area contributed by atoms with Gasteiger partial charge in [-0.25, -0.2) is 9.78 Å². The fourth-order valence-corrected chi connectivity index (χ4v) is 4.38. The second-order valence-electron chi connectivity index (χ2n) is 7.55. The van der Waals surface area contributed by atoms with Crippen molar-refractivity contribution in [3.8, 4) is 5.75 Å². The maximum atomic E-state index is 13.2. The number of carbonyl (C=O) groups excluding carboxylic acids is 2. The van der Waals surface area contributed by atoms with Crippen molar-refractivity contribution in [3.05, 3.63) is 107 Å². The fourth-order valence-electron chi connectivity index (χ4n) is 3.51. The van der Waals surface area contributed by atoms with E-state index in [9.17, 15) is 9.59 Å². The number of hydrogen-bond donors (Lipinski definition) is 0. The Kier molecular flexibility index (Phi) is 7.70. The molecule has 4 aromatic rings. The van der Waals surface area contributed by atoms with Crippen LogP contribution in [0.3, 0.4) is 0 Å². The Hall–Kier alpha value is -4.23. The molecule has 176 valence electrons. The van der Waals surface area contributed by atoms with E-state index in [4.69, 9.17) is 9.47 Å². The molecule has 0 aliphatic heterocycles. The second-order valence-corrected chi connectivity index (χ2v) is 8.39. The highest BCUT2D eigenvalue weighted by Crippen LogP contribution is 2.30. The number of aromatic nitrogens is 1. The van der Waals surface area contributed by atoms with Crippen molar-refractivity contribution >= 4 is 45.7 Å². The molecule has 7 heteroatoms.